The van der Waals surface area contributed by atoms with Crippen LogP contribution in [-0.4, -0.2) is 50.7 Å². The van der Waals surface area contributed by atoms with Gasteiger partial charge in [-0.05, 0) is 49.4 Å². The van der Waals surface area contributed by atoms with E-state index in [-0.39, 0.29) is 11.8 Å². The van der Waals surface area contributed by atoms with Crippen LogP contribution in [0.2, 0.25) is 0 Å². The van der Waals surface area contributed by atoms with E-state index < -0.39 is 5.82 Å². The van der Waals surface area contributed by atoms with Gasteiger partial charge in [-0.15, -0.1) is 0 Å². The van der Waals surface area contributed by atoms with Gasteiger partial charge in [0.25, 0.3) is 11.8 Å². The lowest BCUT2D eigenvalue weighted by molar-refractivity contribution is 0.0679. The monoisotopic (exact) mass is 423 g/mol. The Hall–Kier alpha value is -3.29. The fourth-order valence-corrected chi connectivity index (χ4v) is 4.01. The maximum absolute atomic E-state index is 13.0. The van der Waals surface area contributed by atoms with Gasteiger partial charge < -0.3 is 14.6 Å². The number of aromatic nitrogens is 3. The third-order valence-electron chi connectivity index (χ3n) is 5.82. The molecule has 2 amide bonds. The summed E-state index contributed by atoms with van der Waals surface area (Å²) >= 11 is 0. The van der Waals surface area contributed by atoms with Crippen LogP contribution in [0.25, 0.3) is 5.65 Å². The molecule has 0 unspecified atom stereocenters. The first-order chi connectivity index (χ1) is 15.1. The van der Waals surface area contributed by atoms with Crippen LogP contribution in [0.15, 0.2) is 49.1 Å². The molecular weight excluding hydrogens is 397 g/mol. The Morgan fingerprint density at radius 1 is 1.10 bits per heavy atom. The van der Waals surface area contributed by atoms with Crippen molar-refractivity contribution in [2.24, 2.45) is 5.92 Å². The predicted molar refractivity (Wildman–Crippen MR) is 114 cm³/mol. The van der Waals surface area contributed by atoms with Gasteiger partial charge in [0.2, 0.25) is 0 Å². The molecular formula is C23H26FN5O2. The lowest BCUT2D eigenvalue weighted by atomic mass is 9.91. The number of hydrogen-bond donors (Lipinski definition) is 1. The third kappa shape index (κ3) is 5.25. The molecule has 0 radical (unpaired) electrons. The lowest BCUT2D eigenvalue weighted by Gasteiger charge is -2.31. The highest BCUT2D eigenvalue weighted by Gasteiger charge is 2.24. The lowest BCUT2D eigenvalue weighted by Crippen LogP contribution is -2.38. The van der Waals surface area contributed by atoms with Crippen LogP contribution in [0.1, 0.15) is 53.0 Å². The molecule has 1 aliphatic rings. The van der Waals surface area contributed by atoms with Gasteiger partial charge >= 0.3 is 0 Å². The number of amides is 2. The van der Waals surface area contributed by atoms with Crippen molar-refractivity contribution in [2.45, 2.75) is 32.1 Å². The number of nitrogens with one attached hydrogen (secondary N) is 1. The molecule has 0 atom stereocenters. The Bertz CT molecular complexity index is 1040. The van der Waals surface area contributed by atoms with Gasteiger partial charge in [-0.2, -0.15) is 0 Å². The van der Waals surface area contributed by atoms with E-state index in [2.05, 4.69) is 15.3 Å². The number of carbonyl (C=O) groups excluding carboxylic acids is 2. The van der Waals surface area contributed by atoms with E-state index in [9.17, 15) is 14.0 Å². The van der Waals surface area contributed by atoms with Crippen LogP contribution in [0, 0.1) is 11.7 Å². The van der Waals surface area contributed by atoms with Crippen molar-refractivity contribution < 1.29 is 14.0 Å². The van der Waals surface area contributed by atoms with Gasteiger partial charge in [0, 0.05) is 38.2 Å². The molecule has 0 bridgehead atoms. The Balaban J connectivity index is 1.13. The second-order valence-electron chi connectivity index (χ2n) is 7.96. The number of imidazole rings is 1. The number of hydrogen-bond acceptors (Lipinski definition) is 4. The molecule has 3 aromatic rings. The second-order valence-corrected chi connectivity index (χ2v) is 7.96. The van der Waals surface area contributed by atoms with Crippen LogP contribution < -0.4 is 5.32 Å². The topological polar surface area (TPSA) is 79.6 Å². The minimum Gasteiger partial charge on any atom is -0.352 e. The number of halogens is 1. The van der Waals surface area contributed by atoms with Crippen LogP contribution in [0.4, 0.5) is 4.39 Å². The van der Waals surface area contributed by atoms with E-state index >= 15 is 0 Å². The molecule has 1 aliphatic heterocycles. The fraction of sp³-hybridized carbons (Fsp3) is 0.391. The van der Waals surface area contributed by atoms with Crippen LogP contribution in [0.3, 0.4) is 0 Å². The van der Waals surface area contributed by atoms with E-state index in [1.165, 1.54) is 12.1 Å². The summed E-state index contributed by atoms with van der Waals surface area (Å²) in [4.78, 5) is 34.6. The number of rotatable bonds is 7. The average molecular weight is 423 g/mol. The number of nitrogens with zero attached hydrogens (tertiary/aromatic N) is 4. The highest BCUT2D eigenvalue weighted by atomic mass is 19.1. The molecule has 1 fully saturated rings. The minimum atomic E-state index is -0.439. The quantitative estimate of drug-likeness (QED) is 0.591. The molecule has 0 saturated carbocycles. The molecule has 31 heavy (non-hydrogen) atoms. The molecule has 3 aromatic heterocycles. The standard InChI is InChI=1S/C23H26FN5O2/c24-19-5-6-20(27-15-19)23(31)28-12-8-17(9-13-28)3-1-2-10-26-22(30)18-4-7-21-25-11-14-29(21)16-18/h4-7,11,14-17H,1-3,8-10,12-13H2,(H,26,30). The van der Waals surface area contributed by atoms with Crippen molar-refractivity contribution in [3.05, 3.63) is 66.1 Å². The fourth-order valence-electron chi connectivity index (χ4n) is 4.01. The maximum Gasteiger partial charge on any atom is 0.272 e. The van der Waals surface area contributed by atoms with Crippen LogP contribution in [0.5, 0.6) is 0 Å². The molecule has 7 nitrogen and oxygen atoms in total. The predicted octanol–water partition coefficient (Wildman–Crippen LogP) is 3.32. The van der Waals surface area contributed by atoms with Gasteiger partial charge in [0.15, 0.2) is 0 Å². The zero-order valence-electron chi connectivity index (χ0n) is 17.3. The second kappa shape index (κ2) is 9.68. The Kier molecular flexibility index (Phi) is 6.54. The summed E-state index contributed by atoms with van der Waals surface area (Å²) in [5.41, 5.74) is 1.74. The molecule has 0 aromatic carbocycles. The van der Waals surface area contributed by atoms with Crippen molar-refractivity contribution in [1.82, 2.24) is 24.6 Å². The Morgan fingerprint density at radius 3 is 2.71 bits per heavy atom. The zero-order chi connectivity index (χ0) is 21.6. The Morgan fingerprint density at radius 2 is 1.94 bits per heavy atom. The maximum atomic E-state index is 13.0. The van der Waals surface area contributed by atoms with E-state index in [4.69, 9.17) is 0 Å². The third-order valence-corrected chi connectivity index (χ3v) is 5.82. The number of likely N-dealkylation sites (tertiary alicyclic amines) is 1. The van der Waals surface area contributed by atoms with Gasteiger partial charge in [-0.25, -0.2) is 14.4 Å². The molecule has 1 N–H and O–H groups in total. The highest BCUT2D eigenvalue weighted by Crippen LogP contribution is 2.23. The summed E-state index contributed by atoms with van der Waals surface area (Å²) in [7, 11) is 0. The zero-order valence-corrected chi connectivity index (χ0v) is 17.3. The van der Waals surface area contributed by atoms with Crippen LogP contribution in [-0.2, 0) is 0 Å². The normalized spacial score (nSPS) is 14.7. The first-order valence-electron chi connectivity index (χ1n) is 10.7. The molecule has 0 aliphatic carbocycles. The van der Waals surface area contributed by atoms with Gasteiger partial charge in [-0.1, -0.05) is 12.8 Å². The molecule has 162 valence electrons. The summed E-state index contributed by atoms with van der Waals surface area (Å²) in [5.74, 6) is -0.0536. The number of unbranched alkanes of at least 4 members (excludes halogenated alkanes) is 1. The average Bonchev–Trinajstić information content (AvgIpc) is 3.27. The number of fused-ring (bicyclic) bond motifs is 1. The van der Waals surface area contributed by atoms with Crippen molar-refractivity contribution in [3.63, 3.8) is 0 Å². The van der Waals surface area contributed by atoms with Crippen molar-refractivity contribution in [1.29, 1.82) is 0 Å². The van der Waals surface area contributed by atoms with E-state index in [1.807, 2.05) is 16.7 Å². The van der Waals surface area contributed by atoms with Gasteiger partial charge in [-0.3, -0.25) is 9.59 Å². The van der Waals surface area contributed by atoms with Crippen LogP contribution >= 0.6 is 0 Å². The molecule has 1 saturated heterocycles. The van der Waals surface area contributed by atoms with Gasteiger partial charge in [0.05, 0.1) is 11.8 Å². The van der Waals surface area contributed by atoms with Gasteiger partial charge in [0.1, 0.15) is 17.2 Å². The first kappa shape index (κ1) is 21.0. The van der Waals surface area contributed by atoms with E-state index in [1.54, 1.807) is 23.4 Å². The first-order valence-corrected chi connectivity index (χ1v) is 10.7. The van der Waals surface area contributed by atoms with E-state index in [0.29, 0.717) is 36.8 Å². The molecule has 8 heteroatoms. The summed E-state index contributed by atoms with van der Waals surface area (Å²) in [5, 5.41) is 2.98. The smallest absolute Gasteiger partial charge is 0.272 e. The summed E-state index contributed by atoms with van der Waals surface area (Å²) in [6, 6.07) is 6.32. The largest absolute Gasteiger partial charge is 0.352 e. The summed E-state index contributed by atoms with van der Waals surface area (Å²) in [6.45, 7) is 2.06. The molecule has 4 rings (SSSR count). The molecule has 0 spiro atoms. The van der Waals surface area contributed by atoms with Crippen molar-refractivity contribution >= 4 is 17.5 Å². The van der Waals surface area contributed by atoms with Crippen molar-refractivity contribution in [2.75, 3.05) is 19.6 Å². The summed E-state index contributed by atoms with van der Waals surface area (Å²) in [6.07, 6.45) is 11.4. The number of carbonyl (C=O) groups is 2. The van der Waals surface area contributed by atoms with Crippen molar-refractivity contribution in [3.8, 4) is 0 Å². The number of piperidine rings is 1. The summed E-state index contributed by atoms with van der Waals surface area (Å²) < 4.78 is 14.8. The minimum absolute atomic E-state index is 0.0724. The SMILES string of the molecule is O=C(NCCCCC1CCN(C(=O)c2ccc(F)cn2)CC1)c1ccc2nccn2c1. The Labute approximate surface area is 180 Å². The van der Waals surface area contributed by atoms with E-state index in [0.717, 1.165) is 43.9 Å². The highest BCUT2D eigenvalue weighted by molar-refractivity contribution is 5.94. The number of pyridine rings is 2. The molecule has 4 heterocycles.